The minimum absolute atomic E-state index is 0.0257. The second-order valence-corrected chi connectivity index (χ2v) is 2.98. The van der Waals surface area contributed by atoms with E-state index >= 15 is 0 Å². The van der Waals surface area contributed by atoms with Gasteiger partial charge >= 0.3 is 0 Å². The highest BCUT2D eigenvalue weighted by Crippen LogP contribution is 2.28. The standard InChI is InChI=1S/C8H8ClNO3/c1-5-7(10(12)13)3-2-6(4-11)8(5)9/h2-3,11H,4H2,1H3. The summed E-state index contributed by atoms with van der Waals surface area (Å²) in [5, 5.41) is 19.5. The predicted octanol–water partition coefficient (Wildman–Crippen LogP) is 2.05. The van der Waals surface area contributed by atoms with Gasteiger partial charge in [-0.2, -0.15) is 0 Å². The molecule has 1 aromatic carbocycles. The van der Waals surface area contributed by atoms with Gasteiger partial charge in [-0.05, 0) is 18.6 Å². The van der Waals surface area contributed by atoms with Crippen molar-refractivity contribution in [1.29, 1.82) is 0 Å². The molecule has 1 rings (SSSR count). The Morgan fingerprint density at radius 1 is 1.62 bits per heavy atom. The van der Waals surface area contributed by atoms with Crippen molar-refractivity contribution < 1.29 is 10.0 Å². The summed E-state index contributed by atoms with van der Waals surface area (Å²) in [4.78, 5) is 9.96. The second kappa shape index (κ2) is 3.72. The van der Waals surface area contributed by atoms with Crippen molar-refractivity contribution in [2.24, 2.45) is 0 Å². The Morgan fingerprint density at radius 3 is 2.69 bits per heavy atom. The van der Waals surface area contributed by atoms with E-state index in [1.54, 1.807) is 6.92 Å². The lowest BCUT2D eigenvalue weighted by molar-refractivity contribution is -0.385. The first-order chi connectivity index (χ1) is 6.07. The number of hydrogen-bond donors (Lipinski definition) is 1. The summed E-state index contributed by atoms with van der Waals surface area (Å²) in [5.41, 5.74) is 0.866. The number of benzene rings is 1. The maximum Gasteiger partial charge on any atom is 0.273 e. The second-order valence-electron chi connectivity index (χ2n) is 2.60. The quantitative estimate of drug-likeness (QED) is 0.588. The molecule has 5 heteroatoms. The monoisotopic (exact) mass is 201 g/mol. The van der Waals surface area contributed by atoms with Crippen LogP contribution in [0.1, 0.15) is 11.1 Å². The molecule has 0 aliphatic carbocycles. The molecular weight excluding hydrogens is 194 g/mol. The molecule has 0 unspecified atom stereocenters. The van der Waals surface area contributed by atoms with Crippen LogP contribution in [0.2, 0.25) is 5.02 Å². The van der Waals surface area contributed by atoms with Crippen LogP contribution in [0, 0.1) is 17.0 Å². The highest BCUT2D eigenvalue weighted by atomic mass is 35.5. The molecule has 0 amide bonds. The molecule has 1 aromatic rings. The van der Waals surface area contributed by atoms with Gasteiger partial charge in [-0.1, -0.05) is 11.6 Å². The van der Waals surface area contributed by atoms with Gasteiger partial charge in [0, 0.05) is 11.6 Å². The number of nitro groups is 1. The molecule has 0 fully saturated rings. The number of nitro benzene ring substituents is 1. The Kier molecular flexibility index (Phi) is 2.85. The molecule has 0 radical (unpaired) electrons. The molecule has 0 spiro atoms. The summed E-state index contributed by atoms with van der Waals surface area (Å²) in [7, 11) is 0. The zero-order chi connectivity index (χ0) is 10.0. The predicted molar refractivity (Wildman–Crippen MR) is 48.8 cm³/mol. The van der Waals surface area contributed by atoms with Crippen molar-refractivity contribution >= 4 is 17.3 Å². The van der Waals surface area contributed by atoms with Crippen LogP contribution in [0.15, 0.2) is 12.1 Å². The Bertz CT molecular complexity index is 351. The minimum atomic E-state index is -0.498. The SMILES string of the molecule is Cc1c([N+](=O)[O-])ccc(CO)c1Cl. The molecule has 0 saturated heterocycles. The Balaban J connectivity index is 3.31. The Labute approximate surface area is 79.9 Å². The molecule has 0 saturated carbocycles. The van der Waals surface area contributed by atoms with Gasteiger partial charge in [-0.15, -0.1) is 0 Å². The van der Waals surface area contributed by atoms with Gasteiger partial charge in [0.1, 0.15) is 0 Å². The highest BCUT2D eigenvalue weighted by Gasteiger charge is 2.14. The van der Waals surface area contributed by atoms with Crippen molar-refractivity contribution in [1.82, 2.24) is 0 Å². The summed E-state index contributed by atoms with van der Waals surface area (Å²) in [5.74, 6) is 0. The summed E-state index contributed by atoms with van der Waals surface area (Å²) in [6.07, 6.45) is 0. The maximum absolute atomic E-state index is 10.5. The normalized spacial score (nSPS) is 10.1. The molecule has 0 aliphatic heterocycles. The minimum Gasteiger partial charge on any atom is -0.392 e. The van der Waals surface area contributed by atoms with Gasteiger partial charge in [-0.25, -0.2) is 0 Å². The van der Waals surface area contributed by atoms with E-state index in [0.29, 0.717) is 11.1 Å². The average Bonchev–Trinajstić information content (AvgIpc) is 2.09. The van der Waals surface area contributed by atoms with E-state index in [1.165, 1.54) is 12.1 Å². The molecule has 13 heavy (non-hydrogen) atoms. The molecule has 1 N–H and O–H groups in total. The van der Waals surface area contributed by atoms with Gasteiger partial charge in [0.25, 0.3) is 5.69 Å². The lowest BCUT2D eigenvalue weighted by Crippen LogP contribution is -1.95. The molecule has 4 nitrogen and oxygen atoms in total. The first-order valence-corrected chi connectivity index (χ1v) is 3.99. The largest absolute Gasteiger partial charge is 0.392 e. The fraction of sp³-hybridized carbons (Fsp3) is 0.250. The molecule has 70 valence electrons. The van der Waals surface area contributed by atoms with Crippen molar-refractivity contribution in [3.8, 4) is 0 Å². The third-order valence-corrected chi connectivity index (χ3v) is 2.33. The molecule has 0 heterocycles. The van der Waals surface area contributed by atoms with Crippen molar-refractivity contribution in [2.45, 2.75) is 13.5 Å². The number of hydrogen-bond acceptors (Lipinski definition) is 3. The van der Waals surface area contributed by atoms with Gasteiger partial charge in [0.05, 0.1) is 16.6 Å². The lowest BCUT2D eigenvalue weighted by atomic mass is 10.1. The number of nitrogens with zero attached hydrogens (tertiary/aromatic N) is 1. The van der Waals surface area contributed by atoms with Crippen LogP contribution < -0.4 is 0 Å². The van der Waals surface area contributed by atoms with E-state index in [4.69, 9.17) is 16.7 Å². The third-order valence-electron chi connectivity index (χ3n) is 1.80. The van der Waals surface area contributed by atoms with Gasteiger partial charge < -0.3 is 5.11 Å². The van der Waals surface area contributed by atoms with Gasteiger partial charge in [0.2, 0.25) is 0 Å². The van der Waals surface area contributed by atoms with Crippen LogP contribution in [0.5, 0.6) is 0 Å². The van der Waals surface area contributed by atoms with Crippen LogP contribution in [0.4, 0.5) is 5.69 Å². The number of halogens is 1. The Morgan fingerprint density at radius 2 is 2.23 bits per heavy atom. The van der Waals surface area contributed by atoms with E-state index in [-0.39, 0.29) is 17.3 Å². The lowest BCUT2D eigenvalue weighted by Gasteiger charge is -2.03. The summed E-state index contributed by atoms with van der Waals surface area (Å²) in [6.45, 7) is 1.34. The van der Waals surface area contributed by atoms with E-state index in [0.717, 1.165) is 0 Å². The molecule has 0 aromatic heterocycles. The summed E-state index contributed by atoms with van der Waals surface area (Å²) >= 11 is 5.78. The fourth-order valence-electron chi connectivity index (χ4n) is 1.05. The topological polar surface area (TPSA) is 63.4 Å². The van der Waals surface area contributed by atoms with Crippen molar-refractivity contribution in [2.75, 3.05) is 0 Å². The first-order valence-electron chi connectivity index (χ1n) is 3.61. The van der Waals surface area contributed by atoms with E-state index in [1.807, 2.05) is 0 Å². The van der Waals surface area contributed by atoms with E-state index in [2.05, 4.69) is 0 Å². The number of rotatable bonds is 2. The summed E-state index contributed by atoms with van der Waals surface area (Å²) < 4.78 is 0. The first kappa shape index (κ1) is 9.95. The van der Waals surface area contributed by atoms with Crippen LogP contribution in [0.25, 0.3) is 0 Å². The Hall–Kier alpha value is -1.13. The fourth-order valence-corrected chi connectivity index (χ4v) is 1.27. The van der Waals surface area contributed by atoms with Crippen molar-refractivity contribution in [3.05, 3.63) is 38.4 Å². The molecule has 0 aliphatic rings. The van der Waals surface area contributed by atoms with Crippen molar-refractivity contribution in [3.63, 3.8) is 0 Å². The smallest absolute Gasteiger partial charge is 0.273 e. The number of aliphatic hydroxyl groups is 1. The van der Waals surface area contributed by atoms with Gasteiger partial charge in [-0.3, -0.25) is 10.1 Å². The third kappa shape index (κ3) is 1.79. The highest BCUT2D eigenvalue weighted by molar-refractivity contribution is 6.32. The number of aliphatic hydroxyl groups excluding tert-OH is 1. The average molecular weight is 202 g/mol. The van der Waals surface area contributed by atoms with E-state index in [9.17, 15) is 10.1 Å². The van der Waals surface area contributed by atoms with Crippen LogP contribution >= 0.6 is 11.6 Å². The zero-order valence-electron chi connectivity index (χ0n) is 6.95. The maximum atomic E-state index is 10.5. The van der Waals surface area contributed by atoms with Crippen LogP contribution in [0.3, 0.4) is 0 Å². The van der Waals surface area contributed by atoms with E-state index < -0.39 is 4.92 Å². The molecular formula is C8H8ClNO3. The van der Waals surface area contributed by atoms with Crippen LogP contribution in [-0.4, -0.2) is 10.0 Å². The zero-order valence-corrected chi connectivity index (χ0v) is 7.71. The molecule has 0 bridgehead atoms. The molecule has 0 atom stereocenters. The van der Waals surface area contributed by atoms with Crippen LogP contribution in [-0.2, 0) is 6.61 Å². The summed E-state index contributed by atoms with van der Waals surface area (Å²) in [6, 6.07) is 2.79. The van der Waals surface area contributed by atoms with Gasteiger partial charge in [0.15, 0.2) is 0 Å².